The molecule has 0 fully saturated rings. The van der Waals surface area contributed by atoms with Crippen molar-refractivity contribution >= 4 is 6.21 Å². The smallest absolute Gasteiger partial charge is 0.0880 e. The summed E-state index contributed by atoms with van der Waals surface area (Å²) in [7, 11) is 3.61. The molecule has 0 aromatic rings. The maximum atomic E-state index is 8.63. The highest BCUT2D eigenvalue weighted by atomic mass is 16.3. The van der Waals surface area contributed by atoms with Gasteiger partial charge >= 0.3 is 0 Å². The second-order valence-corrected chi connectivity index (χ2v) is 1.85. The van der Waals surface area contributed by atoms with Crippen molar-refractivity contribution < 1.29 is 5.11 Å². The molecule has 8 heavy (non-hydrogen) atoms. The van der Waals surface area contributed by atoms with Gasteiger partial charge in [-0.05, 0) is 6.92 Å². The van der Waals surface area contributed by atoms with E-state index in [0.29, 0.717) is 0 Å². The molecule has 1 atom stereocenters. The van der Waals surface area contributed by atoms with Gasteiger partial charge in [0, 0.05) is 14.1 Å². The summed E-state index contributed by atoms with van der Waals surface area (Å²) in [5, 5.41) is 14.0. The first-order chi connectivity index (χ1) is 3.63. The number of nitrogens with zero attached hydrogens (tertiary/aromatic N) is 2. The van der Waals surface area contributed by atoms with Crippen LogP contribution in [0.3, 0.4) is 0 Å². The van der Waals surface area contributed by atoms with E-state index in [0.717, 1.165) is 0 Å². The summed E-state index contributed by atoms with van der Waals surface area (Å²) in [6.07, 6.45) is 1.03. The van der Waals surface area contributed by atoms with Crippen LogP contribution in [0.2, 0.25) is 0 Å². The summed E-state index contributed by atoms with van der Waals surface area (Å²) in [6, 6.07) is 0. The number of hydrogen-bond donors (Lipinski definition) is 1. The molecule has 48 valence electrons. The van der Waals surface area contributed by atoms with Crippen molar-refractivity contribution in [2.45, 2.75) is 13.0 Å². The van der Waals surface area contributed by atoms with Gasteiger partial charge in [0.2, 0.25) is 0 Å². The molecule has 0 aliphatic heterocycles. The molecule has 0 saturated carbocycles. The number of aliphatic hydroxyl groups excluding tert-OH is 1. The SMILES string of the molecule is CC(O)/C=N/N(C)C. The molecule has 0 aliphatic carbocycles. The van der Waals surface area contributed by atoms with Crippen molar-refractivity contribution in [3.05, 3.63) is 0 Å². The predicted molar refractivity (Wildman–Crippen MR) is 33.9 cm³/mol. The Morgan fingerprint density at radius 3 is 2.25 bits per heavy atom. The highest BCUT2D eigenvalue weighted by Gasteiger charge is 1.84. The quantitative estimate of drug-likeness (QED) is 0.404. The highest BCUT2D eigenvalue weighted by Crippen LogP contribution is 1.75. The van der Waals surface area contributed by atoms with Gasteiger partial charge in [0.05, 0.1) is 12.3 Å². The van der Waals surface area contributed by atoms with Gasteiger partial charge in [-0.15, -0.1) is 0 Å². The number of aliphatic hydroxyl groups is 1. The topological polar surface area (TPSA) is 35.8 Å². The molecule has 0 spiro atoms. The largest absolute Gasteiger partial charge is 0.388 e. The number of hydrogen-bond acceptors (Lipinski definition) is 3. The molecule has 0 radical (unpaired) electrons. The van der Waals surface area contributed by atoms with E-state index in [2.05, 4.69) is 5.10 Å². The summed E-state index contributed by atoms with van der Waals surface area (Å²) < 4.78 is 0. The van der Waals surface area contributed by atoms with Crippen LogP contribution in [0.1, 0.15) is 6.92 Å². The minimum Gasteiger partial charge on any atom is -0.388 e. The molecular weight excluding hydrogens is 104 g/mol. The normalized spacial score (nSPS) is 14.5. The Bertz CT molecular complexity index is 68.5. The fourth-order valence-electron chi connectivity index (χ4n) is 0.230. The predicted octanol–water partition coefficient (Wildman–Crippen LogP) is -0.0854. The Hall–Kier alpha value is -0.570. The molecule has 0 aromatic heterocycles. The zero-order valence-electron chi connectivity index (χ0n) is 5.50. The molecule has 0 aromatic carbocycles. The first-order valence-electron chi connectivity index (χ1n) is 2.52. The summed E-state index contributed by atoms with van der Waals surface area (Å²) in [6.45, 7) is 1.66. The van der Waals surface area contributed by atoms with Crippen molar-refractivity contribution in [2.75, 3.05) is 14.1 Å². The van der Waals surface area contributed by atoms with E-state index in [9.17, 15) is 0 Å². The maximum Gasteiger partial charge on any atom is 0.0880 e. The molecule has 1 unspecified atom stereocenters. The van der Waals surface area contributed by atoms with Crippen molar-refractivity contribution in [1.82, 2.24) is 5.01 Å². The van der Waals surface area contributed by atoms with E-state index >= 15 is 0 Å². The van der Waals surface area contributed by atoms with Crippen LogP contribution in [-0.4, -0.2) is 36.5 Å². The van der Waals surface area contributed by atoms with Crippen LogP contribution in [-0.2, 0) is 0 Å². The van der Waals surface area contributed by atoms with Crippen molar-refractivity contribution in [1.29, 1.82) is 0 Å². The van der Waals surface area contributed by atoms with Crippen LogP contribution in [0.25, 0.3) is 0 Å². The van der Waals surface area contributed by atoms with E-state index in [1.807, 2.05) is 0 Å². The molecule has 0 rings (SSSR count). The van der Waals surface area contributed by atoms with Gasteiger partial charge < -0.3 is 10.1 Å². The van der Waals surface area contributed by atoms with Crippen LogP contribution in [0.5, 0.6) is 0 Å². The van der Waals surface area contributed by atoms with Gasteiger partial charge in [-0.3, -0.25) is 0 Å². The standard InChI is InChI=1S/C5H12N2O/c1-5(8)4-6-7(2)3/h4-5,8H,1-3H3/b6-4+. The first-order valence-corrected chi connectivity index (χ1v) is 2.52. The minimum atomic E-state index is -0.447. The van der Waals surface area contributed by atoms with Crippen LogP contribution in [0, 0.1) is 0 Å². The zero-order valence-corrected chi connectivity index (χ0v) is 5.50. The Balaban J connectivity index is 3.34. The van der Waals surface area contributed by atoms with E-state index < -0.39 is 6.10 Å². The van der Waals surface area contributed by atoms with Crippen molar-refractivity contribution in [3.8, 4) is 0 Å². The van der Waals surface area contributed by atoms with Crippen LogP contribution < -0.4 is 0 Å². The average molecular weight is 116 g/mol. The Kier molecular flexibility index (Phi) is 3.19. The maximum absolute atomic E-state index is 8.63. The van der Waals surface area contributed by atoms with Crippen molar-refractivity contribution in [2.24, 2.45) is 5.10 Å². The van der Waals surface area contributed by atoms with Gasteiger partial charge in [-0.2, -0.15) is 5.10 Å². The average Bonchev–Trinajstić information content (AvgIpc) is 1.61. The molecular formula is C5H12N2O. The van der Waals surface area contributed by atoms with Gasteiger partial charge in [-0.1, -0.05) is 0 Å². The number of hydrazone groups is 1. The van der Waals surface area contributed by atoms with E-state index in [4.69, 9.17) is 5.11 Å². The number of rotatable bonds is 2. The third-order valence-electron chi connectivity index (χ3n) is 0.513. The van der Waals surface area contributed by atoms with E-state index in [-0.39, 0.29) is 0 Å². The summed E-state index contributed by atoms with van der Waals surface area (Å²) >= 11 is 0. The third kappa shape index (κ3) is 5.43. The molecule has 3 nitrogen and oxygen atoms in total. The molecule has 0 saturated heterocycles. The molecule has 0 heterocycles. The first kappa shape index (κ1) is 7.43. The van der Waals surface area contributed by atoms with Gasteiger partial charge in [0.15, 0.2) is 0 Å². The third-order valence-corrected chi connectivity index (χ3v) is 0.513. The lowest BCUT2D eigenvalue weighted by atomic mass is 10.5. The van der Waals surface area contributed by atoms with Gasteiger partial charge in [0.25, 0.3) is 0 Å². The lowest BCUT2D eigenvalue weighted by molar-refractivity contribution is 0.263. The summed E-state index contributed by atoms with van der Waals surface area (Å²) in [4.78, 5) is 0. The molecule has 1 N–H and O–H groups in total. The van der Waals surface area contributed by atoms with Crippen LogP contribution in [0.4, 0.5) is 0 Å². The summed E-state index contributed by atoms with van der Waals surface area (Å²) in [5.74, 6) is 0. The Morgan fingerprint density at radius 2 is 2.12 bits per heavy atom. The monoisotopic (exact) mass is 116 g/mol. The van der Waals surface area contributed by atoms with Gasteiger partial charge in [-0.25, -0.2) is 0 Å². The van der Waals surface area contributed by atoms with Crippen molar-refractivity contribution in [3.63, 3.8) is 0 Å². The van der Waals surface area contributed by atoms with Crippen LogP contribution >= 0.6 is 0 Å². The molecule has 3 heteroatoms. The minimum absolute atomic E-state index is 0.447. The highest BCUT2D eigenvalue weighted by molar-refractivity contribution is 5.61. The fraction of sp³-hybridized carbons (Fsp3) is 0.800. The Morgan fingerprint density at radius 1 is 1.62 bits per heavy atom. The lowest BCUT2D eigenvalue weighted by Gasteiger charge is -2.02. The molecule has 0 bridgehead atoms. The summed E-state index contributed by atoms with van der Waals surface area (Å²) in [5.41, 5.74) is 0. The lowest BCUT2D eigenvalue weighted by Crippen LogP contribution is -2.07. The van der Waals surface area contributed by atoms with Crippen LogP contribution in [0.15, 0.2) is 5.10 Å². The van der Waals surface area contributed by atoms with Gasteiger partial charge in [0.1, 0.15) is 0 Å². The molecule has 0 aliphatic rings. The Labute approximate surface area is 49.6 Å². The zero-order chi connectivity index (χ0) is 6.57. The van der Waals surface area contributed by atoms with E-state index in [1.165, 1.54) is 6.21 Å². The van der Waals surface area contributed by atoms with E-state index in [1.54, 1.807) is 26.0 Å². The fourth-order valence-corrected chi connectivity index (χ4v) is 0.230. The second kappa shape index (κ2) is 3.43. The second-order valence-electron chi connectivity index (χ2n) is 1.85. The molecule has 0 amide bonds.